The van der Waals surface area contributed by atoms with Crippen molar-refractivity contribution in [2.24, 2.45) is 17.6 Å². The number of phenols is 1. The van der Waals surface area contributed by atoms with Gasteiger partial charge in [-0.1, -0.05) is 6.07 Å². The minimum Gasteiger partial charge on any atom is -0.511 e. The third kappa shape index (κ3) is 3.25. The predicted octanol–water partition coefficient (Wildman–Crippen LogP) is 0.434. The molecule has 3 aliphatic carbocycles. The number of fused-ring (bicyclic) bond motifs is 3. The largest absolute Gasteiger partial charge is 0.511 e. The molecule has 0 heterocycles. The first-order valence-electron chi connectivity index (χ1n) is 10.2. The van der Waals surface area contributed by atoms with Gasteiger partial charge >= 0.3 is 0 Å². The third-order valence-corrected chi connectivity index (χ3v) is 7.62. The van der Waals surface area contributed by atoms with E-state index in [0.717, 1.165) is 6.26 Å². The van der Waals surface area contributed by atoms with Crippen LogP contribution in [0.25, 0.3) is 0 Å². The Hall–Kier alpha value is -3.18. The zero-order chi connectivity index (χ0) is 24.6. The van der Waals surface area contributed by atoms with E-state index in [2.05, 4.69) is 0 Å². The van der Waals surface area contributed by atoms with Crippen LogP contribution in [0.4, 0.5) is 0 Å². The van der Waals surface area contributed by atoms with Crippen molar-refractivity contribution < 1.29 is 43.2 Å². The molecule has 10 nitrogen and oxygen atoms in total. The Kier molecular flexibility index (Phi) is 4.99. The van der Waals surface area contributed by atoms with E-state index in [-0.39, 0.29) is 36.0 Å². The van der Waals surface area contributed by atoms with Crippen LogP contribution in [-0.4, -0.2) is 58.2 Å². The first kappa shape index (κ1) is 23.0. The second-order valence-electron chi connectivity index (χ2n) is 9.04. The minimum absolute atomic E-state index is 0.0191. The Morgan fingerprint density at radius 3 is 2.42 bits per heavy atom. The molecule has 33 heavy (non-hydrogen) atoms. The van der Waals surface area contributed by atoms with E-state index >= 15 is 0 Å². The average Bonchev–Trinajstić information content (AvgIpc) is 2.67. The fourth-order valence-corrected chi connectivity index (χ4v) is 6.12. The summed E-state index contributed by atoms with van der Waals surface area (Å²) in [5, 5.41) is 43.1. The van der Waals surface area contributed by atoms with Gasteiger partial charge in [-0.15, -0.1) is 0 Å². The van der Waals surface area contributed by atoms with Crippen molar-refractivity contribution in [2.45, 2.75) is 37.5 Å². The van der Waals surface area contributed by atoms with Crippen molar-refractivity contribution in [3.05, 3.63) is 51.0 Å². The number of benzene rings is 1. The summed E-state index contributed by atoms with van der Waals surface area (Å²) in [6, 6.07) is 1.49. The van der Waals surface area contributed by atoms with Crippen LogP contribution in [0.15, 0.2) is 28.7 Å². The second kappa shape index (κ2) is 7.16. The summed E-state index contributed by atoms with van der Waals surface area (Å²) in [6.45, 7) is 1.67. The van der Waals surface area contributed by atoms with E-state index in [1.165, 1.54) is 6.07 Å². The maximum atomic E-state index is 13.5. The number of sulfone groups is 1. The summed E-state index contributed by atoms with van der Waals surface area (Å²) in [5.74, 6) is -7.62. The second-order valence-corrected chi connectivity index (χ2v) is 11.2. The molecule has 0 spiro atoms. The molecule has 0 aromatic heterocycles. The molecule has 0 fully saturated rings. The van der Waals surface area contributed by atoms with Gasteiger partial charge in [0.15, 0.2) is 21.2 Å². The third-order valence-electron chi connectivity index (χ3n) is 6.78. The van der Waals surface area contributed by atoms with Crippen molar-refractivity contribution in [1.82, 2.24) is 0 Å². The van der Waals surface area contributed by atoms with Gasteiger partial charge in [-0.25, -0.2) is 8.42 Å². The molecular formula is C22H23NO9S. The normalized spacial score (nSPS) is 27.2. The van der Waals surface area contributed by atoms with Crippen LogP contribution in [-0.2, 0) is 31.6 Å². The molecule has 0 saturated heterocycles. The van der Waals surface area contributed by atoms with Gasteiger partial charge in [-0.05, 0) is 36.8 Å². The van der Waals surface area contributed by atoms with Crippen molar-refractivity contribution in [1.29, 1.82) is 0 Å². The van der Waals surface area contributed by atoms with Crippen molar-refractivity contribution in [3.8, 4) is 5.75 Å². The number of aliphatic hydroxyl groups excluding tert-OH is 2. The molecule has 1 amide bonds. The van der Waals surface area contributed by atoms with E-state index < -0.39 is 73.3 Å². The number of primary amides is 1. The topological polar surface area (TPSA) is 192 Å². The molecule has 0 unspecified atom stereocenters. The quantitative estimate of drug-likeness (QED) is 0.384. The Morgan fingerprint density at radius 2 is 1.85 bits per heavy atom. The zero-order valence-electron chi connectivity index (χ0n) is 17.9. The van der Waals surface area contributed by atoms with Gasteiger partial charge in [0.1, 0.15) is 22.8 Å². The Labute approximate surface area is 189 Å². The van der Waals surface area contributed by atoms with E-state index in [1.807, 2.05) is 0 Å². The molecule has 176 valence electrons. The van der Waals surface area contributed by atoms with Crippen LogP contribution in [0, 0.1) is 18.8 Å². The number of carbonyl (C=O) groups is 3. The van der Waals surface area contributed by atoms with Gasteiger partial charge < -0.3 is 26.2 Å². The number of phenolic OH excluding ortho intramolecular Hbond substituents is 1. The Balaban J connectivity index is 1.91. The number of Topliss-reactive ketones (excluding diaryl/α,β-unsaturated/α-hetero) is 2. The number of aliphatic hydroxyl groups is 3. The molecule has 3 aliphatic rings. The molecule has 11 heteroatoms. The summed E-state index contributed by atoms with van der Waals surface area (Å²) < 4.78 is 23.5. The fourth-order valence-electron chi connectivity index (χ4n) is 5.34. The van der Waals surface area contributed by atoms with Gasteiger partial charge in [0.2, 0.25) is 5.78 Å². The summed E-state index contributed by atoms with van der Waals surface area (Å²) in [4.78, 5) is 38.0. The molecule has 0 bridgehead atoms. The highest BCUT2D eigenvalue weighted by molar-refractivity contribution is 7.89. The fraction of sp³-hybridized carbons (Fsp3) is 0.409. The van der Waals surface area contributed by atoms with E-state index in [9.17, 15) is 43.2 Å². The van der Waals surface area contributed by atoms with Crippen molar-refractivity contribution in [2.75, 3.05) is 6.26 Å². The van der Waals surface area contributed by atoms with Crippen molar-refractivity contribution >= 4 is 27.3 Å². The number of nitrogens with two attached hydrogens (primary N) is 1. The summed E-state index contributed by atoms with van der Waals surface area (Å²) in [6.07, 6.45) is 0.895. The standard InChI is InChI=1S/C22H23NO9S/c1-8-3-10(7-33(2,31)32)17(25)15-12(8)5-9-4-11-6-13(24)16(21(23)29)20(28)22(11,30)19(27)14(9)18(15)26/h3,9,11,24-25,27,30H,4-7H2,1-2H3,(H2,23,29)/t9-,11+,22+/m1/s1. The number of carbonyl (C=O) groups excluding carboxylic acids is 3. The number of ketones is 2. The summed E-state index contributed by atoms with van der Waals surface area (Å²) >= 11 is 0. The first-order chi connectivity index (χ1) is 15.2. The number of rotatable bonds is 3. The molecule has 3 atom stereocenters. The van der Waals surface area contributed by atoms with Crippen molar-refractivity contribution in [3.63, 3.8) is 0 Å². The highest BCUT2D eigenvalue weighted by Gasteiger charge is 2.59. The lowest BCUT2D eigenvalue weighted by molar-refractivity contribution is -0.144. The van der Waals surface area contributed by atoms with E-state index in [0.29, 0.717) is 11.1 Å². The highest BCUT2D eigenvalue weighted by atomic mass is 32.2. The first-order valence-corrected chi connectivity index (χ1v) is 12.2. The lowest BCUT2D eigenvalue weighted by Gasteiger charge is -2.45. The molecular weight excluding hydrogens is 454 g/mol. The number of aromatic hydroxyl groups is 1. The smallest absolute Gasteiger partial charge is 0.255 e. The Morgan fingerprint density at radius 1 is 1.21 bits per heavy atom. The van der Waals surface area contributed by atoms with Crippen LogP contribution in [0.2, 0.25) is 0 Å². The van der Waals surface area contributed by atoms with Gasteiger partial charge in [0.05, 0.1) is 11.3 Å². The average molecular weight is 477 g/mol. The lowest BCUT2D eigenvalue weighted by atomic mass is 9.60. The van der Waals surface area contributed by atoms with Crippen LogP contribution < -0.4 is 5.73 Å². The highest BCUT2D eigenvalue weighted by Crippen LogP contribution is 2.52. The molecule has 0 radical (unpaired) electrons. The summed E-state index contributed by atoms with van der Waals surface area (Å²) in [5.41, 5.74) is 2.29. The van der Waals surface area contributed by atoms with Gasteiger partial charge in [0.25, 0.3) is 5.91 Å². The SMILES string of the molecule is Cc1cc(CS(C)(=O)=O)c(O)c2c1C[C@H]1C[C@H]3CC(O)=C(C(N)=O)C(=O)[C@@]3(O)C(O)=C1C2=O. The molecule has 6 N–H and O–H groups in total. The maximum Gasteiger partial charge on any atom is 0.255 e. The minimum atomic E-state index is -3.54. The summed E-state index contributed by atoms with van der Waals surface area (Å²) in [7, 11) is -3.54. The molecule has 4 rings (SSSR count). The molecule has 0 aliphatic heterocycles. The monoisotopic (exact) mass is 477 g/mol. The Bertz CT molecular complexity index is 1320. The molecule has 1 aromatic rings. The van der Waals surface area contributed by atoms with Crippen LogP contribution >= 0.6 is 0 Å². The van der Waals surface area contributed by atoms with Crippen LogP contribution in [0.5, 0.6) is 5.75 Å². The molecule has 0 saturated carbocycles. The van der Waals surface area contributed by atoms with E-state index in [1.54, 1.807) is 6.92 Å². The number of hydrogen-bond donors (Lipinski definition) is 5. The number of allylic oxidation sites excluding steroid dienone is 2. The van der Waals surface area contributed by atoms with Gasteiger partial charge in [-0.2, -0.15) is 0 Å². The number of hydrogen-bond acceptors (Lipinski definition) is 9. The molecule has 1 aromatic carbocycles. The maximum absolute atomic E-state index is 13.5. The predicted molar refractivity (Wildman–Crippen MR) is 114 cm³/mol. The van der Waals surface area contributed by atoms with Gasteiger partial charge in [0, 0.05) is 29.7 Å². The van der Waals surface area contributed by atoms with E-state index in [4.69, 9.17) is 5.73 Å². The lowest BCUT2D eigenvalue weighted by Crippen LogP contribution is -2.57. The zero-order valence-corrected chi connectivity index (χ0v) is 18.7. The van der Waals surface area contributed by atoms with Crippen LogP contribution in [0.1, 0.15) is 39.9 Å². The number of amides is 1. The van der Waals surface area contributed by atoms with Crippen LogP contribution in [0.3, 0.4) is 0 Å². The number of aryl methyl sites for hydroxylation is 1. The van der Waals surface area contributed by atoms with Gasteiger partial charge in [-0.3, -0.25) is 14.4 Å².